The molecule has 0 radical (unpaired) electrons. The van der Waals surface area contributed by atoms with Gasteiger partial charge in [-0.2, -0.15) is 11.3 Å². The molecule has 1 saturated heterocycles. The standard InChI is InChI=1S/C22H24N4OS2/c1-16-11-24-22(29-15-18-4-2-7-23-12-18)25-21(16)19-5-3-8-26(13-19)20(27)10-17-6-9-28-14-17/h2,4,6-7,9,11-12,14,19H,3,5,8,10,13,15H2,1H3/t19-/m0/s1. The molecule has 5 nitrogen and oxygen atoms in total. The fraction of sp³-hybridized carbons (Fsp3) is 0.364. The van der Waals surface area contributed by atoms with Crippen LogP contribution in [0, 0.1) is 6.92 Å². The molecule has 1 aliphatic rings. The Hall–Kier alpha value is -2.25. The van der Waals surface area contributed by atoms with Crippen LogP contribution in [0.15, 0.2) is 52.7 Å². The highest BCUT2D eigenvalue weighted by atomic mass is 32.2. The van der Waals surface area contributed by atoms with Gasteiger partial charge < -0.3 is 4.90 Å². The predicted octanol–water partition coefficient (Wildman–Crippen LogP) is 4.48. The van der Waals surface area contributed by atoms with Crippen LogP contribution >= 0.6 is 23.1 Å². The molecule has 3 aromatic rings. The maximum atomic E-state index is 12.7. The highest BCUT2D eigenvalue weighted by Crippen LogP contribution is 2.30. The lowest BCUT2D eigenvalue weighted by Gasteiger charge is -2.33. The van der Waals surface area contributed by atoms with Gasteiger partial charge in [-0.25, -0.2) is 9.97 Å². The smallest absolute Gasteiger partial charge is 0.227 e. The number of thiophene rings is 1. The average molecular weight is 425 g/mol. The van der Waals surface area contributed by atoms with Gasteiger partial charge in [0.05, 0.1) is 12.1 Å². The molecule has 0 aromatic carbocycles. The summed E-state index contributed by atoms with van der Waals surface area (Å²) >= 11 is 3.27. The van der Waals surface area contributed by atoms with Crippen molar-refractivity contribution >= 4 is 29.0 Å². The molecule has 0 bridgehead atoms. The Morgan fingerprint density at radius 3 is 3.03 bits per heavy atom. The first-order chi connectivity index (χ1) is 14.2. The highest BCUT2D eigenvalue weighted by Gasteiger charge is 2.27. The predicted molar refractivity (Wildman–Crippen MR) is 117 cm³/mol. The summed E-state index contributed by atoms with van der Waals surface area (Å²) in [4.78, 5) is 28.3. The summed E-state index contributed by atoms with van der Waals surface area (Å²) < 4.78 is 0. The number of hydrogen-bond donors (Lipinski definition) is 0. The minimum atomic E-state index is 0.214. The summed E-state index contributed by atoms with van der Waals surface area (Å²) in [6.07, 6.45) is 8.14. The number of thioether (sulfide) groups is 1. The van der Waals surface area contributed by atoms with Crippen molar-refractivity contribution in [2.75, 3.05) is 13.1 Å². The number of aromatic nitrogens is 3. The molecule has 1 atom stereocenters. The van der Waals surface area contributed by atoms with Gasteiger partial charge in [-0.1, -0.05) is 17.8 Å². The first-order valence-corrected chi connectivity index (χ1v) is 11.8. The Morgan fingerprint density at radius 2 is 2.24 bits per heavy atom. The fourth-order valence-electron chi connectivity index (χ4n) is 3.66. The molecule has 150 valence electrons. The molecule has 0 saturated carbocycles. The summed E-state index contributed by atoms with van der Waals surface area (Å²) in [6, 6.07) is 6.04. The van der Waals surface area contributed by atoms with Gasteiger partial charge in [0.25, 0.3) is 0 Å². The van der Waals surface area contributed by atoms with E-state index in [9.17, 15) is 4.79 Å². The zero-order valence-corrected chi connectivity index (χ0v) is 18.1. The van der Waals surface area contributed by atoms with E-state index in [1.807, 2.05) is 34.8 Å². The molecule has 0 aliphatic carbocycles. The quantitative estimate of drug-likeness (QED) is 0.431. The van der Waals surface area contributed by atoms with Crippen LogP contribution in [0.4, 0.5) is 0 Å². The topological polar surface area (TPSA) is 59.0 Å². The van der Waals surface area contributed by atoms with E-state index < -0.39 is 0 Å². The molecule has 7 heteroatoms. The summed E-state index contributed by atoms with van der Waals surface area (Å²) in [5.74, 6) is 1.29. The number of piperidine rings is 1. The normalized spacial score (nSPS) is 16.7. The maximum Gasteiger partial charge on any atom is 0.227 e. The average Bonchev–Trinajstić information content (AvgIpc) is 3.27. The Bertz CT molecular complexity index is 947. The van der Waals surface area contributed by atoms with Crippen LogP contribution in [0.25, 0.3) is 0 Å². The Labute approximate surface area is 179 Å². The Kier molecular flexibility index (Phi) is 6.56. The second-order valence-corrected chi connectivity index (χ2v) is 9.08. The van der Waals surface area contributed by atoms with Gasteiger partial charge in [-0.15, -0.1) is 0 Å². The Morgan fingerprint density at radius 1 is 1.31 bits per heavy atom. The molecule has 0 unspecified atom stereocenters. The first kappa shape index (κ1) is 20.0. The van der Waals surface area contributed by atoms with Crippen molar-refractivity contribution in [1.29, 1.82) is 0 Å². The molecular formula is C22H24N4OS2. The number of amides is 1. The molecule has 1 fully saturated rings. The first-order valence-electron chi connectivity index (χ1n) is 9.83. The zero-order valence-electron chi connectivity index (χ0n) is 16.5. The lowest BCUT2D eigenvalue weighted by molar-refractivity contribution is -0.131. The number of carbonyl (C=O) groups is 1. The molecule has 0 N–H and O–H groups in total. The van der Waals surface area contributed by atoms with Crippen LogP contribution in [-0.2, 0) is 17.0 Å². The number of carbonyl (C=O) groups excluding carboxylic acids is 1. The summed E-state index contributed by atoms with van der Waals surface area (Å²) in [7, 11) is 0. The van der Waals surface area contributed by atoms with Crippen molar-refractivity contribution in [3.8, 4) is 0 Å². The number of nitrogens with zero attached hydrogens (tertiary/aromatic N) is 4. The van der Waals surface area contributed by atoms with Crippen molar-refractivity contribution in [2.24, 2.45) is 0 Å². The minimum Gasteiger partial charge on any atom is -0.342 e. The van der Waals surface area contributed by atoms with Crippen molar-refractivity contribution in [1.82, 2.24) is 19.9 Å². The Balaban J connectivity index is 1.43. The van der Waals surface area contributed by atoms with E-state index in [2.05, 4.69) is 28.3 Å². The second-order valence-electron chi connectivity index (χ2n) is 7.36. The molecule has 4 rings (SSSR count). The van der Waals surface area contributed by atoms with Crippen molar-refractivity contribution < 1.29 is 4.79 Å². The SMILES string of the molecule is Cc1cnc(SCc2cccnc2)nc1[C@H]1CCCN(C(=O)Cc2ccsc2)C1. The van der Waals surface area contributed by atoms with Crippen LogP contribution in [-0.4, -0.2) is 38.8 Å². The van der Waals surface area contributed by atoms with E-state index in [0.717, 1.165) is 59.2 Å². The van der Waals surface area contributed by atoms with Crippen molar-refractivity contribution in [2.45, 2.75) is 43.0 Å². The fourth-order valence-corrected chi connectivity index (χ4v) is 5.08. The third-order valence-corrected chi connectivity index (χ3v) is 6.84. The number of aryl methyl sites for hydroxylation is 1. The largest absolute Gasteiger partial charge is 0.342 e. The zero-order chi connectivity index (χ0) is 20.1. The third-order valence-electron chi connectivity index (χ3n) is 5.18. The van der Waals surface area contributed by atoms with E-state index >= 15 is 0 Å². The monoisotopic (exact) mass is 424 g/mol. The van der Waals surface area contributed by atoms with Crippen LogP contribution in [0.3, 0.4) is 0 Å². The summed E-state index contributed by atoms with van der Waals surface area (Å²) in [5.41, 5.74) is 4.45. The maximum absolute atomic E-state index is 12.7. The van der Waals surface area contributed by atoms with Gasteiger partial charge in [0.1, 0.15) is 0 Å². The highest BCUT2D eigenvalue weighted by molar-refractivity contribution is 7.98. The molecule has 4 heterocycles. The molecule has 0 spiro atoms. The van der Waals surface area contributed by atoms with Gasteiger partial charge in [0.2, 0.25) is 5.91 Å². The lowest BCUT2D eigenvalue weighted by atomic mass is 9.92. The van der Waals surface area contributed by atoms with Crippen LogP contribution < -0.4 is 0 Å². The van der Waals surface area contributed by atoms with Crippen LogP contribution in [0.2, 0.25) is 0 Å². The number of likely N-dealkylation sites (tertiary alicyclic amines) is 1. The summed E-state index contributed by atoms with van der Waals surface area (Å²) in [6.45, 7) is 3.65. The van der Waals surface area contributed by atoms with Gasteiger partial charge in [0.15, 0.2) is 5.16 Å². The van der Waals surface area contributed by atoms with Crippen LogP contribution in [0.1, 0.15) is 41.1 Å². The molecule has 3 aromatic heterocycles. The second kappa shape index (κ2) is 9.50. The van der Waals surface area contributed by atoms with E-state index in [-0.39, 0.29) is 11.8 Å². The van der Waals surface area contributed by atoms with E-state index in [0.29, 0.717) is 6.42 Å². The summed E-state index contributed by atoms with van der Waals surface area (Å²) in [5, 5.41) is 4.87. The van der Waals surface area contributed by atoms with Crippen LogP contribution in [0.5, 0.6) is 0 Å². The number of pyridine rings is 1. The molecular weight excluding hydrogens is 400 g/mol. The van der Waals surface area contributed by atoms with Gasteiger partial charge in [0, 0.05) is 43.4 Å². The van der Waals surface area contributed by atoms with E-state index in [4.69, 9.17) is 4.98 Å². The van der Waals surface area contributed by atoms with E-state index in [1.165, 1.54) is 0 Å². The molecule has 1 aliphatic heterocycles. The molecule has 1 amide bonds. The van der Waals surface area contributed by atoms with Crippen molar-refractivity contribution in [3.05, 3.63) is 69.9 Å². The number of rotatable bonds is 6. The molecule has 29 heavy (non-hydrogen) atoms. The van der Waals surface area contributed by atoms with Crippen molar-refractivity contribution in [3.63, 3.8) is 0 Å². The minimum absolute atomic E-state index is 0.214. The van der Waals surface area contributed by atoms with Gasteiger partial charge in [-0.05, 0) is 59.3 Å². The van der Waals surface area contributed by atoms with Gasteiger partial charge in [-0.3, -0.25) is 9.78 Å². The van der Waals surface area contributed by atoms with E-state index in [1.54, 1.807) is 29.3 Å². The van der Waals surface area contributed by atoms with Gasteiger partial charge >= 0.3 is 0 Å². The number of hydrogen-bond acceptors (Lipinski definition) is 6. The lowest BCUT2D eigenvalue weighted by Crippen LogP contribution is -2.40. The third kappa shape index (κ3) is 5.22.